The summed E-state index contributed by atoms with van der Waals surface area (Å²) >= 11 is 6.01. The van der Waals surface area contributed by atoms with E-state index >= 15 is 0 Å². The molecule has 2 aliphatic heterocycles. The number of alkyl halides is 3. The van der Waals surface area contributed by atoms with E-state index in [1.807, 2.05) is 38.1 Å². The Hall–Kier alpha value is -3.24. The van der Waals surface area contributed by atoms with Crippen molar-refractivity contribution in [2.24, 2.45) is 11.5 Å². The lowest BCUT2D eigenvalue weighted by atomic mass is 10.1. The highest BCUT2D eigenvalue weighted by Gasteiger charge is 2.34. The van der Waals surface area contributed by atoms with Gasteiger partial charge in [0.1, 0.15) is 11.6 Å². The fourth-order valence-electron chi connectivity index (χ4n) is 4.17. The molecule has 0 atom stereocenters. The van der Waals surface area contributed by atoms with Crippen molar-refractivity contribution in [3.63, 3.8) is 0 Å². The molecule has 0 spiro atoms. The normalized spacial score (nSPS) is 16.6. The van der Waals surface area contributed by atoms with Crippen molar-refractivity contribution >= 4 is 23.0 Å². The summed E-state index contributed by atoms with van der Waals surface area (Å²) in [7, 11) is 0. The van der Waals surface area contributed by atoms with Crippen LogP contribution in [0.2, 0.25) is 5.02 Å². The minimum atomic E-state index is -4.49. The molecule has 202 valence electrons. The molecule has 2 aromatic carbocycles. The fourth-order valence-corrected chi connectivity index (χ4v) is 4.36. The number of ether oxygens (including phenoxy) is 1. The first-order valence-electron chi connectivity index (χ1n) is 12.2. The van der Waals surface area contributed by atoms with Crippen molar-refractivity contribution in [2.45, 2.75) is 26.6 Å². The third kappa shape index (κ3) is 7.62. The third-order valence-electron chi connectivity index (χ3n) is 5.85. The van der Waals surface area contributed by atoms with Crippen molar-refractivity contribution < 1.29 is 17.9 Å². The molecule has 0 saturated carbocycles. The van der Waals surface area contributed by atoms with Gasteiger partial charge in [0.05, 0.1) is 24.5 Å². The van der Waals surface area contributed by atoms with Crippen LogP contribution in [0.5, 0.6) is 0 Å². The molecule has 0 bridgehead atoms. The van der Waals surface area contributed by atoms with Gasteiger partial charge in [0.25, 0.3) is 0 Å². The van der Waals surface area contributed by atoms with E-state index in [0.29, 0.717) is 43.6 Å². The number of hydrogen-bond acceptors (Lipinski definition) is 7. The van der Waals surface area contributed by atoms with Crippen molar-refractivity contribution in [3.05, 3.63) is 82.0 Å². The summed E-state index contributed by atoms with van der Waals surface area (Å²) in [5.74, 6) is 0.636. The van der Waals surface area contributed by atoms with E-state index in [9.17, 15) is 13.2 Å². The number of nitrogens with one attached hydrogen (secondary N) is 2. The molecule has 1 fully saturated rings. The van der Waals surface area contributed by atoms with Crippen LogP contribution < -0.4 is 27.0 Å². The van der Waals surface area contributed by atoms with Crippen molar-refractivity contribution in [3.8, 4) is 0 Å². The first kappa shape index (κ1) is 28.3. The Bertz CT molecular complexity index is 1120. The van der Waals surface area contributed by atoms with E-state index in [2.05, 4.69) is 15.5 Å². The molecule has 11 heteroatoms. The van der Waals surface area contributed by atoms with Gasteiger partial charge < -0.3 is 36.6 Å². The van der Waals surface area contributed by atoms with E-state index in [-0.39, 0.29) is 17.1 Å². The van der Waals surface area contributed by atoms with Crippen LogP contribution in [0.3, 0.4) is 0 Å². The Labute approximate surface area is 220 Å². The highest BCUT2D eigenvalue weighted by molar-refractivity contribution is 6.30. The molecule has 4 rings (SSSR count). The minimum Gasteiger partial charge on any atom is -0.385 e. The van der Waals surface area contributed by atoms with E-state index in [0.717, 1.165) is 30.5 Å². The standard InChI is InChI=1S/C24H28ClF3N6O.C2H6/c25-17-4-5-20(24(26,27)28)16(12-17)15-34-7-6-31-23(30)21(34)14-22(29)32-18-2-1-3-19(13-18)33-8-10-35-11-9-33;1-2/h1-5,12-14,31-32H,6-11,15,29-30H2;1-2H3/b22-14+;. The number of nitrogens with zero attached hydrogens (tertiary/aromatic N) is 2. The van der Waals surface area contributed by atoms with Gasteiger partial charge in [-0.05, 0) is 42.0 Å². The average Bonchev–Trinajstić information content (AvgIpc) is 2.87. The first-order chi connectivity index (χ1) is 17.7. The SMILES string of the molecule is CC.NC1=C(/C=C(\N)Nc2cccc(N3CCOCC3)c2)N(Cc2cc(Cl)ccc2C(F)(F)F)CCN1. The van der Waals surface area contributed by atoms with Crippen molar-refractivity contribution in [1.82, 2.24) is 10.2 Å². The molecule has 6 N–H and O–H groups in total. The van der Waals surface area contributed by atoms with Gasteiger partial charge in [0.2, 0.25) is 0 Å². The van der Waals surface area contributed by atoms with Crippen LogP contribution in [-0.2, 0) is 17.5 Å². The molecule has 2 heterocycles. The largest absolute Gasteiger partial charge is 0.416 e. The molecule has 0 aromatic heterocycles. The van der Waals surface area contributed by atoms with Crippen molar-refractivity contribution in [1.29, 1.82) is 0 Å². The molecule has 0 radical (unpaired) electrons. The number of morpholine rings is 1. The Morgan fingerprint density at radius 1 is 1.14 bits per heavy atom. The Balaban J connectivity index is 0.00000186. The molecule has 37 heavy (non-hydrogen) atoms. The monoisotopic (exact) mass is 538 g/mol. The molecular formula is C26H34ClF3N6O. The van der Waals surface area contributed by atoms with Gasteiger partial charge in [-0.2, -0.15) is 13.2 Å². The minimum absolute atomic E-state index is 0.0244. The second-order valence-electron chi connectivity index (χ2n) is 8.32. The van der Waals surface area contributed by atoms with E-state index in [1.54, 1.807) is 11.0 Å². The van der Waals surface area contributed by atoms with Crippen LogP contribution in [-0.4, -0.2) is 44.3 Å². The number of allylic oxidation sites excluding steroid dienone is 1. The number of anilines is 2. The fraction of sp³-hybridized carbons (Fsp3) is 0.385. The molecule has 2 aliphatic rings. The third-order valence-corrected chi connectivity index (χ3v) is 6.09. The number of rotatable bonds is 6. The summed E-state index contributed by atoms with van der Waals surface area (Å²) in [6.07, 6.45) is -2.87. The van der Waals surface area contributed by atoms with Gasteiger partial charge in [-0.1, -0.05) is 31.5 Å². The van der Waals surface area contributed by atoms with Crippen LogP contribution >= 0.6 is 11.6 Å². The van der Waals surface area contributed by atoms with Gasteiger partial charge in [0, 0.05) is 55.2 Å². The predicted octanol–water partition coefficient (Wildman–Crippen LogP) is 4.67. The summed E-state index contributed by atoms with van der Waals surface area (Å²) in [5, 5.41) is 6.44. The lowest BCUT2D eigenvalue weighted by Gasteiger charge is -2.33. The summed E-state index contributed by atoms with van der Waals surface area (Å²) in [4.78, 5) is 3.98. The number of benzene rings is 2. The van der Waals surface area contributed by atoms with Crippen LogP contribution in [0.25, 0.3) is 0 Å². The maximum atomic E-state index is 13.6. The predicted molar refractivity (Wildman–Crippen MR) is 143 cm³/mol. The zero-order chi connectivity index (χ0) is 27.0. The maximum absolute atomic E-state index is 13.6. The van der Waals surface area contributed by atoms with Gasteiger partial charge in [-0.25, -0.2) is 0 Å². The Kier molecular flexibility index (Phi) is 9.82. The zero-order valence-corrected chi connectivity index (χ0v) is 21.8. The molecule has 0 unspecified atom stereocenters. The smallest absolute Gasteiger partial charge is 0.385 e. The topological polar surface area (TPSA) is 91.8 Å². The van der Waals surface area contributed by atoms with E-state index < -0.39 is 11.7 Å². The second kappa shape index (κ2) is 12.8. The van der Waals surface area contributed by atoms with Crippen LogP contribution in [0.15, 0.2) is 65.9 Å². The number of hydrogen-bond donors (Lipinski definition) is 4. The maximum Gasteiger partial charge on any atom is 0.416 e. The molecule has 1 saturated heterocycles. The Morgan fingerprint density at radius 2 is 1.86 bits per heavy atom. The summed E-state index contributed by atoms with van der Waals surface area (Å²) in [5.41, 5.74) is 14.1. The number of halogens is 4. The highest BCUT2D eigenvalue weighted by atomic mass is 35.5. The van der Waals surface area contributed by atoms with E-state index in [4.69, 9.17) is 27.8 Å². The average molecular weight is 539 g/mol. The molecule has 2 aromatic rings. The molecule has 7 nitrogen and oxygen atoms in total. The van der Waals surface area contributed by atoms with Gasteiger partial charge >= 0.3 is 6.18 Å². The lowest BCUT2D eigenvalue weighted by molar-refractivity contribution is -0.138. The van der Waals surface area contributed by atoms with Gasteiger partial charge in [0.15, 0.2) is 0 Å². The Morgan fingerprint density at radius 3 is 2.57 bits per heavy atom. The quantitative estimate of drug-likeness (QED) is 0.425. The molecule has 0 amide bonds. The first-order valence-corrected chi connectivity index (χ1v) is 12.6. The highest BCUT2D eigenvalue weighted by Crippen LogP contribution is 2.34. The molecular weight excluding hydrogens is 505 g/mol. The summed E-state index contributed by atoms with van der Waals surface area (Å²) in [6.45, 7) is 7.88. The van der Waals surface area contributed by atoms with Crippen LogP contribution in [0.1, 0.15) is 25.0 Å². The van der Waals surface area contributed by atoms with E-state index in [1.165, 1.54) is 12.1 Å². The summed E-state index contributed by atoms with van der Waals surface area (Å²) in [6, 6.07) is 11.4. The van der Waals surface area contributed by atoms with Gasteiger partial charge in [-0.15, -0.1) is 0 Å². The lowest BCUT2D eigenvalue weighted by Crippen LogP contribution is -2.41. The van der Waals surface area contributed by atoms with Crippen LogP contribution in [0, 0.1) is 0 Å². The van der Waals surface area contributed by atoms with Gasteiger partial charge in [-0.3, -0.25) is 0 Å². The zero-order valence-electron chi connectivity index (χ0n) is 21.0. The van der Waals surface area contributed by atoms with Crippen molar-refractivity contribution in [2.75, 3.05) is 49.6 Å². The summed E-state index contributed by atoms with van der Waals surface area (Å²) < 4.78 is 46.1. The van der Waals surface area contributed by atoms with Crippen LogP contribution in [0.4, 0.5) is 24.5 Å². The second-order valence-corrected chi connectivity index (χ2v) is 8.76. The molecule has 0 aliphatic carbocycles. The number of nitrogens with two attached hydrogens (primary N) is 2.